The molecule has 0 saturated carbocycles. The zero-order valence-electron chi connectivity index (χ0n) is 17.9. The molecule has 2 aromatic rings. The third kappa shape index (κ3) is 8.90. The van der Waals surface area contributed by atoms with Crippen LogP contribution in [0.25, 0.3) is 0 Å². The zero-order valence-corrected chi connectivity index (χ0v) is 17.9. The van der Waals surface area contributed by atoms with E-state index in [0.29, 0.717) is 6.61 Å². The van der Waals surface area contributed by atoms with Crippen molar-refractivity contribution in [3.05, 3.63) is 48.5 Å². The highest BCUT2D eigenvalue weighted by atomic mass is 16.5. The van der Waals surface area contributed by atoms with Crippen LogP contribution in [0.1, 0.15) is 52.9 Å². The maximum atomic E-state index is 12.2. The first-order valence-electron chi connectivity index (χ1n) is 10.6. The number of carbonyl (C=O) groups excluding carboxylic acids is 1. The van der Waals surface area contributed by atoms with Crippen LogP contribution in [-0.2, 0) is 4.79 Å². The van der Waals surface area contributed by atoms with Crippen molar-refractivity contribution in [1.29, 1.82) is 0 Å². The number of amides is 1. The Morgan fingerprint density at radius 1 is 0.966 bits per heavy atom. The predicted molar refractivity (Wildman–Crippen MR) is 120 cm³/mol. The lowest BCUT2D eigenvalue weighted by Crippen LogP contribution is -2.21. The van der Waals surface area contributed by atoms with Gasteiger partial charge in [0.25, 0.3) is 0 Å². The average Bonchev–Trinajstić information content (AvgIpc) is 2.73. The molecule has 2 rings (SSSR count). The molecule has 29 heavy (non-hydrogen) atoms. The molecule has 2 N–H and O–H groups in total. The monoisotopic (exact) mass is 398 g/mol. The molecule has 0 saturated heterocycles. The molecule has 0 radical (unpaired) electrons. The van der Waals surface area contributed by atoms with Crippen LogP contribution in [0.5, 0.6) is 11.5 Å². The van der Waals surface area contributed by atoms with Gasteiger partial charge in [0.1, 0.15) is 11.5 Å². The van der Waals surface area contributed by atoms with Gasteiger partial charge in [-0.3, -0.25) is 4.79 Å². The number of anilines is 2. The van der Waals surface area contributed by atoms with E-state index in [1.165, 1.54) is 19.3 Å². The van der Waals surface area contributed by atoms with E-state index < -0.39 is 0 Å². The van der Waals surface area contributed by atoms with Crippen molar-refractivity contribution < 1.29 is 14.3 Å². The highest BCUT2D eigenvalue weighted by Gasteiger charge is 2.05. The first-order valence-corrected chi connectivity index (χ1v) is 10.6. The van der Waals surface area contributed by atoms with Crippen LogP contribution in [0.4, 0.5) is 11.4 Å². The predicted octanol–water partition coefficient (Wildman–Crippen LogP) is 5.87. The van der Waals surface area contributed by atoms with Gasteiger partial charge in [0.2, 0.25) is 5.91 Å². The lowest BCUT2D eigenvalue weighted by molar-refractivity contribution is -0.114. The van der Waals surface area contributed by atoms with Gasteiger partial charge in [0.15, 0.2) is 0 Å². The van der Waals surface area contributed by atoms with E-state index in [1.54, 1.807) is 0 Å². The Hall–Kier alpha value is -2.69. The maximum Gasteiger partial charge on any atom is 0.243 e. The van der Waals surface area contributed by atoms with Gasteiger partial charge in [-0.05, 0) is 56.2 Å². The Bertz CT molecular complexity index is 731. The SMILES string of the molecule is CCCCCCOc1cccc(NC(=O)CNc2ccc(OC(C)CC)cc2)c1. The Morgan fingerprint density at radius 2 is 1.76 bits per heavy atom. The lowest BCUT2D eigenvalue weighted by atomic mass is 10.2. The molecule has 0 spiro atoms. The summed E-state index contributed by atoms with van der Waals surface area (Å²) in [5.41, 5.74) is 1.61. The molecule has 2 aromatic carbocycles. The number of carbonyl (C=O) groups is 1. The number of ether oxygens (including phenoxy) is 2. The van der Waals surface area contributed by atoms with Crippen molar-refractivity contribution in [2.24, 2.45) is 0 Å². The molecule has 0 fully saturated rings. The molecule has 1 amide bonds. The van der Waals surface area contributed by atoms with Gasteiger partial charge in [0, 0.05) is 17.4 Å². The maximum absolute atomic E-state index is 12.2. The van der Waals surface area contributed by atoms with Crippen LogP contribution >= 0.6 is 0 Å². The van der Waals surface area contributed by atoms with E-state index in [0.717, 1.165) is 35.7 Å². The zero-order chi connectivity index (χ0) is 20.9. The molecule has 5 nitrogen and oxygen atoms in total. The van der Waals surface area contributed by atoms with Gasteiger partial charge in [-0.15, -0.1) is 0 Å². The van der Waals surface area contributed by atoms with Gasteiger partial charge in [0.05, 0.1) is 19.3 Å². The van der Waals surface area contributed by atoms with Crippen molar-refractivity contribution in [3.63, 3.8) is 0 Å². The summed E-state index contributed by atoms with van der Waals surface area (Å²) in [6.45, 7) is 7.22. The van der Waals surface area contributed by atoms with E-state index in [9.17, 15) is 4.79 Å². The van der Waals surface area contributed by atoms with Gasteiger partial charge in [-0.2, -0.15) is 0 Å². The van der Waals surface area contributed by atoms with Crippen LogP contribution in [0.2, 0.25) is 0 Å². The van der Waals surface area contributed by atoms with Crippen LogP contribution in [0, 0.1) is 0 Å². The Balaban J connectivity index is 1.75. The van der Waals surface area contributed by atoms with Crippen molar-refractivity contribution in [2.75, 3.05) is 23.8 Å². The van der Waals surface area contributed by atoms with Gasteiger partial charge >= 0.3 is 0 Å². The minimum atomic E-state index is -0.106. The van der Waals surface area contributed by atoms with Crippen molar-refractivity contribution in [1.82, 2.24) is 0 Å². The first-order chi connectivity index (χ1) is 14.1. The average molecular weight is 399 g/mol. The summed E-state index contributed by atoms with van der Waals surface area (Å²) in [7, 11) is 0. The third-order valence-corrected chi connectivity index (χ3v) is 4.60. The van der Waals surface area contributed by atoms with Gasteiger partial charge in [-0.1, -0.05) is 39.2 Å². The van der Waals surface area contributed by atoms with Crippen molar-refractivity contribution >= 4 is 17.3 Å². The fourth-order valence-electron chi connectivity index (χ4n) is 2.74. The van der Waals surface area contributed by atoms with Crippen LogP contribution in [-0.4, -0.2) is 25.2 Å². The molecule has 0 heterocycles. The second-order valence-corrected chi connectivity index (χ2v) is 7.20. The van der Waals surface area contributed by atoms with E-state index in [1.807, 2.05) is 55.5 Å². The Labute approximate surface area is 174 Å². The minimum absolute atomic E-state index is 0.106. The molecule has 5 heteroatoms. The third-order valence-electron chi connectivity index (χ3n) is 4.60. The molecule has 1 atom stereocenters. The van der Waals surface area contributed by atoms with Gasteiger partial charge in [-0.25, -0.2) is 0 Å². The fraction of sp³-hybridized carbons (Fsp3) is 0.458. The summed E-state index contributed by atoms with van der Waals surface area (Å²) in [5.74, 6) is 1.51. The Morgan fingerprint density at radius 3 is 2.48 bits per heavy atom. The number of unbranched alkanes of at least 4 members (excludes halogenated alkanes) is 3. The standard InChI is InChI=1S/C24H34N2O3/c1-4-6-7-8-16-28-23-11-9-10-21(17-23)26-24(27)18-25-20-12-14-22(15-13-20)29-19(3)5-2/h9-15,17,19,25H,4-8,16,18H2,1-3H3,(H,26,27). The second-order valence-electron chi connectivity index (χ2n) is 7.20. The van der Waals surface area contributed by atoms with Crippen LogP contribution in [0.3, 0.4) is 0 Å². The Kier molecular flexibility index (Phi) is 9.90. The summed E-state index contributed by atoms with van der Waals surface area (Å²) >= 11 is 0. The summed E-state index contributed by atoms with van der Waals surface area (Å²) in [6.07, 6.45) is 5.84. The molecule has 0 aliphatic carbocycles. The van der Waals surface area contributed by atoms with Crippen molar-refractivity contribution in [3.8, 4) is 11.5 Å². The normalized spacial score (nSPS) is 11.6. The molecule has 0 aromatic heterocycles. The largest absolute Gasteiger partial charge is 0.494 e. The van der Waals surface area contributed by atoms with E-state index in [4.69, 9.17) is 9.47 Å². The number of rotatable bonds is 13. The minimum Gasteiger partial charge on any atom is -0.494 e. The topological polar surface area (TPSA) is 59.6 Å². The van der Waals surface area contributed by atoms with Crippen LogP contribution in [0.15, 0.2) is 48.5 Å². The molecular formula is C24H34N2O3. The fourth-order valence-corrected chi connectivity index (χ4v) is 2.74. The number of hydrogen-bond acceptors (Lipinski definition) is 4. The molecule has 1 unspecified atom stereocenters. The number of nitrogens with one attached hydrogen (secondary N) is 2. The van der Waals surface area contributed by atoms with Crippen LogP contribution < -0.4 is 20.1 Å². The lowest BCUT2D eigenvalue weighted by Gasteiger charge is -2.13. The smallest absolute Gasteiger partial charge is 0.243 e. The van der Waals surface area contributed by atoms with E-state index in [-0.39, 0.29) is 18.6 Å². The highest BCUT2D eigenvalue weighted by molar-refractivity contribution is 5.93. The molecule has 158 valence electrons. The summed E-state index contributed by atoms with van der Waals surface area (Å²) in [4.78, 5) is 12.2. The van der Waals surface area contributed by atoms with Gasteiger partial charge < -0.3 is 20.1 Å². The quantitative estimate of drug-likeness (QED) is 0.414. The second kappa shape index (κ2) is 12.7. The van der Waals surface area contributed by atoms with E-state index >= 15 is 0 Å². The molecule has 0 bridgehead atoms. The van der Waals surface area contributed by atoms with E-state index in [2.05, 4.69) is 24.5 Å². The molecular weight excluding hydrogens is 364 g/mol. The summed E-state index contributed by atoms with van der Waals surface area (Å²) < 4.78 is 11.5. The number of hydrogen-bond donors (Lipinski definition) is 2. The molecule has 0 aliphatic rings. The highest BCUT2D eigenvalue weighted by Crippen LogP contribution is 2.19. The summed E-state index contributed by atoms with van der Waals surface area (Å²) in [6, 6.07) is 15.2. The first kappa shape index (κ1) is 22.6. The van der Waals surface area contributed by atoms with Crippen molar-refractivity contribution in [2.45, 2.75) is 59.0 Å². The molecule has 0 aliphatic heterocycles. The summed E-state index contributed by atoms with van der Waals surface area (Å²) in [5, 5.41) is 6.03. The number of benzene rings is 2.